The topological polar surface area (TPSA) is 27.6 Å². The van der Waals surface area contributed by atoms with Crippen molar-refractivity contribution in [1.82, 2.24) is 10.2 Å². The SMILES string of the molecule is C=CCSCCNC(=NCc1ccccc1)N(C)C.I. The molecule has 0 aliphatic carbocycles. The molecule has 0 fully saturated rings. The Balaban J connectivity index is 0.00000361. The number of rotatable bonds is 7. The predicted octanol–water partition coefficient (Wildman–Crippen LogP) is 3.23. The minimum atomic E-state index is 0. The molecule has 0 aliphatic heterocycles. The van der Waals surface area contributed by atoms with E-state index >= 15 is 0 Å². The minimum Gasteiger partial charge on any atom is -0.355 e. The standard InChI is InChI=1S/C15H23N3S.HI/c1-4-11-19-12-10-16-15(18(2)3)17-13-14-8-6-5-7-9-14;/h4-9H,1,10-13H2,2-3H3,(H,16,17);1H. The number of hydrogen-bond donors (Lipinski definition) is 1. The average molecular weight is 405 g/mol. The molecule has 0 atom stereocenters. The fraction of sp³-hybridized carbons (Fsp3) is 0.400. The number of benzene rings is 1. The van der Waals surface area contributed by atoms with Crippen LogP contribution < -0.4 is 5.32 Å². The number of thioether (sulfide) groups is 1. The lowest BCUT2D eigenvalue weighted by Gasteiger charge is -2.17. The van der Waals surface area contributed by atoms with Crippen LogP contribution in [0.4, 0.5) is 0 Å². The van der Waals surface area contributed by atoms with Crippen LogP contribution in [0.2, 0.25) is 0 Å². The summed E-state index contributed by atoms with van der Waals surface area (Å²) < 4.78 is 0. The van der Waals surface area contributed by atoms with Gasteiger partial charge in [-0.2, -0.15) is 11.8 Å². The maximum absolute atomic E-state index is 4.61. The number of guanidine groups is 1. The van der Waals surface area contributed by atoms with E-state index < -0.39 is 0 Å². The zero-order valence-electron chi connectivity index (χ0n) is 12.2. The number of nitrogens with one attached hydrogen (secondary N) is 1. The van der Waals surface area contributed by atoms with E-state index in [1.165, 1.54) is 5.56 Å². The van der Waals surface area contributed by atoms with E-state index in [0.717, 1.165) is 24.0 Å². The van der Waals surface area contributed by atoms with Gasteiger partial charge in [0.25, 0.3) is 0 Å². The molecule has 0 spiro atoms. The Kier molecular flexibility index (Phi) is 11.7. The molecule has 0 saturated carbocycles. The zero-order chi connectivity index (χ0) is 13.9. The van der Waals surface area contributed by atoms with Crippen molar-refractivity contribution >= 4 is 41.7 Å². The molecule has 0 bridgehead atoms. The van der Waals surface area contributed by atoms with E-state index in [0.29, 0.717) is 6.54 Å². The molecular formula is C15H24IN3S. The summed E-state index contributed by atoms with van der Waals surface area (Å²) in [5.74, 6) is 2.99. The van der Waals surface area contributed by atoms with Gasteiger partial charge in [-0.1, -0.05) is 36.4 Å². The van der Waals surface area contributed by atoms with Crippen molar-refractivity contribution in [2.75, 3.05) is 32.1 Å². The summed E-state index contributed by atoms with van der Waals surface area (Å²) in [4.78, 5) is 6.63. The third kappa shape index (κ3) is 8.47. The first-order valence-corrected chi connectivity index (χ1v) is 7.57. The molecule has 0 heterocycles. The van der Waals surface area contributed by atoms with Crippen molar-refractivity contribution in [2.45, 2.75) is 6.54 Å². The smallest absolute Gasteiger partial charge is 0.193 e. The van der Waals surface area contributed by atoms with E-state index in [1.54, 1.807) is 0 Å². The Bertz CT molecular complexity index is 393. The highest BCUT2D eigenvalue weighted by molar-refractivity contribution is 14.0. The van der Waals surface area contributed by atoms with E-state index in [4.69, 9.17) is 0 Å². The van der Waals surface area contributed by atoms with E-state index in [1.807, 2.05) is 55.0 Å². The fourth-order valence-corrected chi connectivity index (χ4v) is 2.09. The van der Waals surface area contributed by atoms with Crippen LogP contribution in [0.5, 0.6) is 0 Å². The Morgan fingerprint density at radius 3 is 2.65 bits per heavy atom. The van der Waals surface area contributed by atoms with Gasteiger partial charge in [0.2, 0.25) is 0 Å². The summed E-state index contributed by atoms with van der Waals surface area (Å²) in [5.41, 5.74) is 1.23. The van der Waals surface area contributed by atoms with Crippen LogP contribution in [0.25, 0.3) is 0 Å². The van der Waals surface area contributed by atoms with Gasteiger partial charge >= 0.3 is 0 Å². The van der Waals surface area contributed by atoms with Gasteiger partial charge in [0, 0.05) is 32.1 Å². The Labute approximate surface area is 143 Å². The third-order valence-corrected chi connectivity index (χ3v) is 3.41. The zero-order valence-corrected chi connectivity index (χ0v) is 15.4. The van der Waals surface area contributed by atoms with Crippen molar-refractivity contribution < 1.29 is 0 Å². The van der Waals surface area contributed by atoms with Crippen LogP contribution in [-0.2, 0) is 6.54 Å². The lowest BCUT2D eigenvalue weighted by atomic mass is 10.2. The molecule has 3 nitrogen and oxygen atoms in total. The number of hydrogen-bond acceptors (Lipinski definition) is 2. The largest absolute Gasteiger partial charge is 0.355 e. The molecule has 0 saturated heterocycles. The summed E-state index contributed by atoms with van der Waals surface area (Å²) in [6, 6.07) is 10.3. The second-order valence-electron chi connectivity index (χ2n) is 4.31. The monoisotopic (exact) mass is 405 g/mol. The van der Waals surface area contributed by atoms with E-state index in [9.17, 15) is 0 Å². The van der Waals surface area contributed by atoms with Gasteiger partial charge < -0.3 is 10.2 Å². The first kappa shape index (κ1) is 19.3. The van der Waals surface area contributed by atoms with Gasteiger partial charge in [-0.3, -0.25) is 0 Å². The van der Waals surface area contributed by atoms with Gasteiger partial charge in [0.05, 0.1) is 6.54 Å². The Morgan fingerprint density at radius 2 is 2.05 bits per heavy atom. The van der Waals surface area contributed by atoms with Gasteiger partial charge in [0.15, 0.2) is 5.96 Å². The quantitative estimate of drug-likeness (QED) is 0.248. The van der Waals surface area contributed by atoms with Crippen LogP contribution >= 0.6 is 35.7 Å². The summed E-state index contributed by atoms with van der Waals surface area (Å²) in [7, 11) is 4.02. The molecule has 1 rings (SSSR count). The molecule has 1 N–H and O–H groups in total. The molecule has 0 amide bonds. The Hall–Kier alpha value is -0.690. The molecule has 1 aromatic carbocycles. The van der Waals surface area contributed by atoms with Gasteiger partial charge in [-0.15, -0.1) is 30.6 Å². The average Bonchev–Trinajstić information content (AvgIpc) is 2.42. The fourth-order valence-electron chi connectivity index (χ4n) is 1.51. The van der Waals surface area contributed by atoms with E-state index in [-0.39, 0.29) is 24.0 Å². The summed E-state index contributed by atoms with van der Waals surface area (Å²) in [6.07, 6.45) is 1.93. The molecule has 112 valence electrons. The van der Waals surface area contributed by atoms with Crippen molar-refractivity contribution in [3.63, 3.8) is 0 Å². The molecular weight excluding hydrogens is 381 g/mol. The van der Waals surface area contributed by atoms with Crippen LogP contribution in [-0.4, -0.2) is 43.0 Å². The highest BCUT2D eigenvalue weighted by Gasteiger charge is 2.00. The Morgan fingerprint density at radius 1 is 1.35 bits per heavy atom. The molecule has 20 heavy (non-hydrogen) atoms. The van der Waals surface area contributed by atoms with Crippen molar-refractivity contribution in [3.05, 3.63) is 48.6 Å². The molecule has 0 unspecified atom stereocenters. The van der Waals surface area contributed by atoms with Crippen molar-refractivity contribution in [2.24, 2.45) is 4.99 Å². The normalized spacial score (nSPS) is 10.6. The first-order valence-electron chi connectivity index (χ1n) is 6.42. The molecule has 1 aromatic rings. The molecule has 0 radical (unpaired) electrons. The van der Waals surface area contributed by atoms with Gasteiger partial charge in [-0.05, 0) is 5.56 Å². The maximum Gasteiger partial charge on any atom is 0.193 e. The maximum atomic E-state index is 4.61. The van der Waals surface area contributed by atoms with Crippen LogP contribution in [0.1, 0.15) is 5.56 Å². The van der Waals surface area contributed by atoms with E-state index in [2.05, 4.69) is 29.0 Å². The number of nitrogens with zero attached hydrogens (tertiary/aromatic N) is 2. The van der Waals surface area contributed by atoms with Crippen LogP contribution in [0.15, 0.2) is 48.0 Å². The first-order chi connectivity index (χ1) is 9.24. The van der Waals surface area contributed by atoms with Crippen molar-refractivity contribution in [1.29, 1.82) is 0 Å². The molecule has 0 aromatic heterocycles. The third-order valence-electron chi connectivity index (χ3n) is 2.44. The van der Waals surface area contributed by atoms with Gasteiger partial charge in [-0.25, -0.2) is 4.99 Å². The number of aliphatic imine (C=N–C) groups is 1. The van der Waals surface area contributed by atoms with Crippen molar-refractivity contribution in [3.8, 4) is 0 Å². The summed E-state index contributed by atoms with van der Waals surface area (Å²) in [5, 5.41) is 3.37. The highest BCUT2D eigenvalue weighted by atomic mass is 127. The second-order valence-corrected chi connectivity index (χ2v) is 5.46. The predicted molar refractivity (Wildman–Crippen MR) is 102 cm³/mol. The van der Waals surface area contributed by atoms with Crippen LogP contribution in [0, 0.1) is 0 Å². The second kappa shape index (κ2) is 12.1. The molecule has 5 heteroatoms. The summed E-state index contributed by atoms with van der Waals surface area (Å²) in [6.45, 7) is 5.34. The number of halogens is 1. The van der Waals surface area contributed by atoms with Crippen LogP contribution in [0.3, 0.4) is 0 Å². The lowest BCUT2D eigenvalue weighted by molar-refractivity contribution is 0.584. The minimum absolute atomic E-state index is 0. The molecule has 0 aliphatic rings. The van der Waals surface area contributed by atoms with Gasteiger partial charge in [0.1, 0.15) is 0 Å². The summed E-state index contributed by atoms with van der Waals surface area (Å²) >= 11 is 1.87. The lowest BCUT2D eigenvalue weighted by Crippen LogP contribution is -2.37. The highest BCUT2D eigenvalue weighted by Crippen LogP contribution is 2.01.